The smallest absolute Gasteiger partial charge is 0.418 e. The summed E-state index contributed by atoms with van der Waals surface area (Å²) in [5.74, 6) is -75.3. The van der Waals surface area contributed by atoms with Crippen LogP contribution < -0.4 is 0 Å². The van der Waals surface area contributed by atoms with Gasteiger partial charge in [0.1, 0.15) is 6.10 Å². The fourth-order valence-corrected chi connectivity index (χ4v) is 5.60. The van der Waals surface area contributed by atoms with Crippen LogP contribution in [0.4, 0.5) is 189 Å². The monoisotopic (exact) mass is 1390 g/mol. The molecule has 0 saturated carbocycles. The number of hydrogen-bond acceptors (Lipinski definition) is 5. The number of ether oxygens (including phenoxy) is 5. The number of halogens is 43. The van der Waals surface area contributed by atoms with Crippen LogP contribution in [0.25, 0.3) is 0 Å². The summed E-state index contributed by atoms with van der Waals surface area (Å²) in [4.78, 5) is 0. The zero-order valence-electron chi connectivity index (χ0n) is 42.1. The maximum atomic E-state index is 13.9. The van der Waals surface area contributed by atoms with Gasteiger partial charge in [-0.05, 0) is 12.8 Å². The highest BCUT2D eigenvalue weighted by Gasteiger charge is 2.83. The van der Waals surface area contributed by atoms with Crippen molar-refractivity contribution in [3.05, 3.63) is 72.0 Å². The van der Waals surface area contributed by atoms with Crippen molar-refractivity contribution in [3.63, 3.8) is 0 Å². The second-order valence-electron chi connectivity index (χ2n) is 16.2. The van der Waals surface area contributed by atoms with Crippen LogP contribution in [0.2, 0.25) is 0 Å². The summed E-state index contributed by atoms with van der Waals surface area (Å²) in [6.45, 7) is 4.22. The molecule has 2 saturated heterocycles. The van der Waals surface area contributed by atoms with Crippen LogP contribution in [0, 0.1) is 5.92 Å². The first-order valence-corrected chi connectivity index (χ1v) is 20.9. The lowest BCUT2D eigenvalue weighted by molar-refractivity contribution is -0.391. The SMILES string of the molecule is CC(F)(F)C(F)(OC(F)=C(F)F)C(F)(F)C(F)=C(F)F.CCC1(F)OC(C)(F)C(F)(F)C1(F)CC.CCC1OC(C)(F)C(F)(F)[C@@H](C)C1(F)F.FC(F)=C(F)OC(F)(C(F)(F)F)C(F)(F)C(F)=C(F)F.FC(F)=C(F)OC(F)(F)C(F)(F)C(F)=C(F)F. The molecule has 48 heteroatoms. The molecule has 5 nitrogen and oxygen atoms in total. The lowest BCUT2D eigenvalue weighted by Crippen LogP contribution is -2.64. The van der Waals surface area contributed by atoms with Crippen LogP contribution in [0.3, 0.4) is 0 Å². The fraction of sp³-hybridized carbons (Fsp3) is 0.692. The van der Waals surface area contributed by atoms with E-state index in [0.29, 0.717) is 20.8 Å². The highest BCUT2D eigenvalue weighted by molar-refractivity contribution is 5.17. The third-order valence-corrected chi connectivity index (χ3v) is 10.4. The number of hydrogen-bond donors (Lipinski definition) is 0. The van der Waals surface area contributed by atoms with E-state index in [0.717, 1.165) is 13.8 Å². The van der Waals surface area contributed by atoms with Crippen molar-refractivity contribution in [3.8, 4) is 0 Å². The van der Waals surface area contributed by atoms with Gasteiger partial charge in [-0.15, -0.1) is 0 Å². The van der Waals surface area contributed by atoms with E-state index in [1.54, 1.807) is 0 Å². The number of alkyl halides is 25. The van der Waals surface area contributed by atoms with E-state index in [1.165, 1.54) is 6.92 Å². The normalized spacial score (nSPS) is 25.6. The van der Waals surface area contributed by atoms with Crippen molar-refractivity contribution in [2.75, 3.05) is 0 Å². The Morgan fingerprint density at radius 3 is 1.00 bits per heavy atom. The second kappa shape index (κ2) is 28.3. The average molecular weight is 1390 g/mol. The Morgan fingerprint density at radius 2 is 0.736 bits per heavy atom. The summed E-state index contributed by atoms with van der Waals surface area (Å²) >= 11 is 0. The molecule has 2 aliphatic heterocycles. The second-order valence-corrected chi connectivity index (χ2v) is 16.2. The van der Waals surface area contributed by atoms with Crippen molar-refractivity contribution < 1.29 is 212 Å². The minimum atomic E-state index is -7.03. The molecule has 87 heavy (non-hydrogen) atoms. The molecule has 0 aliphatic carbocycles. The van der Waals surface area contributed by atoms with Gasteiger partial charge in [0, 0.05) is 27.2 Å². The van der Waals surface area contributed by atoms with Crippen LogP contribution in [0.15, 0.2) is 72.0 Å². The maximum Gasteiger partial charge on any atom is 0.473 e. The molecule has 0 amide bonds. The molecule has 0 aromatic carbocycles. The van der Waals surface area contributed by atoms with E-state index in [9.17, 15) is 189 Å². The summed E-state index contributed by atoms with van der Waals surface area (Å²) < 4.78 is 547. The third-order valence-electron chi connectivity index (χ3n) is 10.4. The highest BCUT2D eigenvalue weighted by Crippen LogP contribution is 2.62. The summed E-state index contributed by atoms with van der Waals surface area (Å²) in [6, 6.07) is -10.8. The van der Waals surface area contributed by atoms with E-state index in [1.807, 2.05) is 4.74 Å². The zero-order chi connectivity index (χ0) is 71.2. The van der Waals surface area contributed by atoms with Crippen molar-refractivity contribution in [2.24, 2.45) is 5.92 Å². The van der Waals surface area contributed by atoms with Gasteiger partial charge in [-0.2, -0.15) is 162 Å². The van der Waals surface area contributed by atoms with Crippen molar-refractivity contribution in [1.82, 2.24) is 0 Å². The largest absolute Gasteiger partial charge is 0.473 e. The highest BCUT2D eigenvalue weighted by atomic mass is 19.4. The van der Waals surface area contributed by atoms with Crippen molar-refractivity contribution in [1.29, 1.82) is 0 Å². The minimum absolute atomic E-state index is 0.215. The van der Waals surface area contributed by atoms with Crippen LogP contribution >= 0.6 is 0 Å². The van der Waals surface area contributed by atoms with Gasteiger partial charge >= 0.3 is 114 Å². The molecule has 0 aromatic rings. The Balaban J connectivity index is -0.00000102. The molecule has 2 rings (SSSR count). The van der Waals surface area contributed by atoms with Crippen molar-refractivity contribution >= 4 is 0 Å². The summed E-state index contributed by atoms with van der Waals surface area (Å²) in [5, 5.41) is 0. The lowest BCUT2D eigenvalue weighted by atomic mass is 9.84. The predicted molar refractivity (Wildman–Crippen MR) is 197 cm³/mol. The quantitative estimate of drug-likeness (QED) is 0.114. The van der Waals surface area contributed by atoms with E-state index >= 15 is 0 Å². The predicted octanol–water partition coefficient (Wildman–Crippen LogP) is 21.3. The molecule has 516 valence electrons. The van der Waals surface area contributed by atoms with Gasteiger partial charge in [-0.25, -0.2) is 26.3 Å². The molecule has 0 N–H and O–H groups in total. The van der Waals surface area contributed by atoms with E-state index < -0.39 is 192 Å². The topological polar surface area (TPSA) is 46.2 Å². The summed E-state index contributed by atoms with van der Waals surface area (Å²) in [5.41, 5.74) is -3.63. The molecule has 0 aromatic heterocycles. The Bertz CT molecular complexity index is 2420. The average Bonchev–Trinajstić information content (AvgIpc) is 1.66. The maximum absolute atomic E-state index is 13.9. The summed E-state index contributed by atoms with van der Waals surface area (Å²) in [7, 11) is 0. The van der Waals surface area contributed by atoms with Gasteiger partial charge in [-0.3, -0.25) is 0 Å². The zero-order valence-corrected chi connectivity index (χ0v) is 42.1. The van der Waals surface area contributed by atoms with Gasteiger partial charge < -0.3 is 23.7 Å². The van der Waals surface area contributed by atoms with Crippen LogP contribution in [-0.2, 0) is 23.7 Å². The standard InChI is InChI=1S/2C9H13F5O.C8H3F11O.C7F12O.C6F10O/c1-4-6-8(11,12)5(2)9(13,14)7(3,10)15-6;1-4-7(11)8(12,5-2)15-6(3,10)9(7,13)14;1-6(15,16)8(19,20-5(14)4(12)13)7(17,18)2(9)3(10)11;8-1(2(9)10)5(14,15)6(16,7(17,18)19)20-4(13)3(11)12;7-1(2(8)9)5(13,14)6(15,16)17-4(12)3(10)11/h5-6H,4H2,1-3H3;4-5H2,1-3H3;1H3;;/t5-,6?,7?;;;;/m0..../s1. The first-order valence-electron chi connectivity index (χ1n) is 20.9. The molecule has 0 bridgehead atoms. The van der Waals surface area contributed by atoms with Gasteiger partial charge in [0.2, 0.25) is 23.1 Å². The van der Waals surface area contributed by atoms with Gasteiger partial charge in [0.15, 0.2) is 0 Å². The molecular weight excluding hydrogens is 1370 g/mol. The molecule has 0 spiro atoms. The Morgan fingerprint density at radius 1 is 0.425 bits per heavy atom. The fourth-order valence-electron chi connectivity index (χ4n) is 5.60. The molecule has 0 radical (unpaired) electrons. The molecule has 2 heterocycles. The molecule has 2 fully saturated rings. The van der Waals surface area contributed by atoms with E-state index in [4.69, 9.17) is 0 Å². The van der Waals surface area contributed by atoms with Crippen LogP contribution in [-0.4, -0.2) is 94.8 Å². The molecule has 8 atom stereocenters. The first-order chi connectivity index (χ1) is 37.9. The summed E-state index contributed by atoms with van der Waals surface area (Å²) in [6.07, 6.45) is -39.7. The third kappa shape index (κ3) is 17.4. The number of rotatable bonds is 16. The Labute approximate surface area is 453 Å². The Kier molecular flexibility index (Phi) is 27.9. The van der Waals surface area contributed by atoms with Crippen LogP contribution in [0.1, 0.15) is 67.7 Å². The molecule has 7 unspecified atom stereocenters. The lowest BCUT2D eigenvalue weighted by Gasteiger charge is -2.47. The Hall–Kier alpha value is -5.25. The van der Waals surface area contributed by atoms with Crippen molar-refractivity contribution in [2.45, 2.75) is 163 Å². The minimum Gasteiger partial charge on any atom is -0.418 e. The van der Waals surface area contributed by atoms with Gasteiger partial charge in [-0.1, -0.05) is 27.7 Å². The molecular formula is C39H29F43O5. The van der Waals surface area contributed by atoms with Gasteiger partial charge in [0.05, 0.1) is 5.92 Å². The molecule has 2 aliphatic rings. The first kappa shape index (κ1) is 86.0. The van der Waals surface area contributed by atoms with Gasteiger partial charge in [0.25, 0.3) is 23.5 Å². The van der Waals surface area contributed by atoms with E-state index in [-0.39, 0.29) is 6.42 Å². The van der Waals surface area contributed by atoms with Crippen LogP contribution in [0.5, 0.6) is 0 Å². The van der Waals surface area contributed by atoms with E-state index in [2.05, 4.69) is 18.9 Å².